The predicted molar refractivity (Wildman–Crippen MR) is 131 cm³/mol. The number of nitrogens with one attached hydrogen (secondary N) is 1. The zero-order valence-electron chi connectivity index (χ0n) is 18.7. The number of rotatable bonds is 5. The van der Waals surface area contributed by atoms with Crippen molar-refractivity contribution in [3.05, 3.63) is 63.4 Å². The number of aliphatic hydroxyl groups is 1. The second kappa shape index (κ2) is 8.88. The number of aromatic nitrogens is 1. The lowest BCUT2D eigenvalue weighted by Crippen LogP contribution is -2.44. The third-order valence-corrected chi connectivity index (χ3v) is 8.86. The average Bonchev–Trinajstić information content (AvgIpc) is 3.23. The lowest BCUT2D eigenvalue weighted by atomic mass is 10.1. The molecule has 1 saturated carbocycles. The third kappa shape index (κ3) is 4.07. The molecule has 2 heterocycles. The summed E-state index contributed by atoms with van der Waals surface area (Å²) in [6, 6.07) is 11.1. The monoisotopic (exact) mass is 503 g/mol. The molecule has 2 atom stereocenters. The maximum absolute atomic E-state index is 13.9. The molecule has 0 radical (unpaired) electrons. The maximum Gasteiger partial charge on any atom is 0.253 e. The summed E-state index contributed by atoms with van der Waals surface area (Å²) in [5.41, 5.74) is 1.19. The number of anilines is 1. The summed E-state index contributed by atoms with van der Waals surface area (Å²) in [5, 5.41) is 11.7. The molecule has 2 aromatic carbocycles. The minimum Gasteiger partial charge on any atom is -0.490 e. The number of benzene rings is 2. The fraction of sp³-hybridized carbons (Fsp3) is 0.375. The van der Waals surface area contributed by atoms with Crippen LogP contribution >= 0.6 is 11.6 Å². The number of hydrogen-bond acceptors (Lipinski definition) is 6. The van der Waals surface area contributed by atoms with E-state index in [0.29, 0.717) is 54.1 Å². The largest absolute Gasteiger partial charge is 0.490 e. The molecular weight excluding hydrogens is 478 g/mol. The predicted octanol–water partition coefficient (Wildman–Crippen LogP) is 3.11. The van der Waals surface area contributed by atoms with Crippen LogP contribution in [0.4, 0.5) is 5.69 Å². The van der Waals surface area contributed by atoms with Gasteiger partial charge in [-0.05, 0) is 43.5 Å². The van der Waals surface area contributed by atoms with Crippen molar-refractivity contribution in [2.45, 2.75) is 42.8 Å². The van der Waals surface area contributed by atoms with Gasteiger partial charge in [-0.3, -0.25) is 4.79 Å². The Kier molecular flexibility index (Phi) is 6.05. The summed E-state index contributed by atoms with van der Waals surface area (Å²) in [6.45, 7) is 1.01. The van der Waals surface area contributed by atoms with E-state index < -0.39 is 27.7 Å². The lowest BCUT2D eigenvalue weighted by molar-refractivity contribution is 0.110. The van der Waals surface area contributed by atoms with Gasteiger partial charge in [-0.15, -0.1) is 0 Å². The quantitative estimate of drug-likeness (QED) is 0.554. The number of para-hydroxylation sites is 1. The molecule has 5 rings (SSSR count). The summed E-state index contributed by atoms with van der Waals surface area (Å²) in [7, 11) is -2.12. The molecule has 10 heteroatoms. The Morgan fingerprint density at radius 2 is 2.06 bits per heavy atom. The second-order valence-electron chi connectivity index (χ2n) is 8.84. The number of aliphatic hydroxyl groups excluding tert-OH is 1. The van der Waals surface area contributed by atoms with Crippen molar-refractivity contribution in [1.82, 2.24) is 9.29 Å². The van der Waals surface area contributed by atoms with Crippen LogP contribution in [0.25, 0.3) is 10.9 Å². The van der Waals surface area contributed by atoms with Gasteiger partial charge in [-0.25, -0.2) is 8.42 Å². The minimum atomic E-state index is -4.05. The number of pyridine rings is 1. The van der Waals surface area contributed by atoms with Crippen LogP contribution in [0.1, 0.15) is 24.8 Å². The standard InChI is InChI=1S/C24H26ClN3O5S/c1-27-10-11-33-22-13-17(8-9-20(22)27)34(31,32)28(19-6-3-7-21(19)29)14-16-12-15-4-2-5-18(25)23(15)26-24(16)30/h2,4-5,8-9,12-13,19,21,29H,3,6-7,10-11,14H2,1H3,(H,26,30)/t19-,21-/m1/s1. The van der Waals surface area contributed by atoms with E-state index in [9.17, 15) is 18.3 Å². The van der Waals surface area contributed by atoms with Crippen LogP contribution in [0, 0.1) is 0 Å². The molecule has 0 unspecified atom stereocenters. The summed E-state index contributed by atoms with van der Waals surface area (Å²) < 4.78 is 34.7. The molecule has 2 aliphatic rings. The zero-order chi connectivity index (χ0) is 24.0. The number of fused-ring (bicyclic) bond motifs is 2. The zero-order valence-corrected chi connectivity index (χ0v) is 20.3. The van der Waals surface area contributed by atoms with E-state index in [-0.39, 0.29) is 17.0 Å². The highest BCUT2D eigenvalue weighted by Gasteiger charge is 2.39. The van der Waals surface area contributed by atoms with Gasteiger partial charge in [0.1, 0.15) is 12.4 Å². The molecule has 1 aliphatic heterocycles. The molecule has 8 nitrogen and oxygen atoms in total. The van der Waals surface area contributed by atoms with Crippen molar-refractivity contribution in [2.24, 2.45) is 0 Å². The van der Waals surface area contributed by atoms with E-state index in [1.807, 2.05) is 11.9 Å². The SMILES string of the molecule is CN1CCOc2cc(S(=O)(=O)N(Cc3cc4cccc(Cl)c4[nH]c3=O)[C@@H]3CCC[C@H]3O)ccc21. The van der Waals surface area contributed by atoms with Crippen molar-refractivity contribution < 1.29 is 18.3 Å². The molecule has 0 bridgehead atoms. The molecule has 3 aromatic rings. The van der Waals surface area contributed by atoms with Crippen LogP contribution in [0.3, 0.4) is 0 Å². The van der Waals surface area contributed by atoms with Gasteiger partial charge in [0.25, 0.3) is 5.56 Å². The van der Waals surface area contributed by atoms with Crippen LogP contribution < -0.4 is 15.2 Å². The number of halogens is 1. The summed E-state index contributed by atoms with van der Waals surface area (Å²) >= 11 is 6.21. The first-order valence-corrected chi connectivity index (χ1v) is 13.1. The van der Waals surface area contributed by atoms with Gasteiger partial charge < -0.3 is 19.7 Å². The molecule has 2 N–H and O–H groups in total. The molecule has 0 amide bonds. The van der Waals surface area contributed by atoms with E-state index in [4.69, 9.17) is 16.3 Å². The summed E-state index contributed by atoms with van der Waals surface area (Å²) in [6.07, 6.45) is 0.934. The van der Waals surface area contributed by atoms with Gasteiger partial charge in [0.05, 0.1) is 39.8 Å². The Bertz CT molecular complexity index is 1410. The lowest BCUT2D eigenvalue weighted by Gasteiger charge is -2.31. The van der Waals surface area contributed by atoms with Crippen LogP contribution in [0.5, 0.6) is 5.75 Å². The van der Waals surface area contributed by atoms with Gasteiger partial charge in [-0.2, -0.15) is 4.31 Å². The van der Waals surface area contributed by atoms with Crippen LogP contribution in [0.2, 0.25) is 5.02 Å². The Hall–Kier alpha value is -2.59. The molecule has 1 aliphatic carbocycles. The number of likely N-dealkylation sites (N-methyl/N-ethyl adjacent to an activating group) is 1. The van der Waals surface area contributed by atoms with E-state index >= 15 is 0 Å². The van der Waals surface area contributed by atoms with Gasteiger partial charge in [0.2, 0.25) is 10.0 Å². The smallest absolute Gasteiger partial charge is 0.253 e. The molecule has 34 heavy (non-hydrogen) atoms. The first-order valence-electron chi connectivity index (χ1n) is 11.2. The fourth-order valence-corrected chi connectivity index (χ4v) is 6.70. The molecular formula is C24H26ClN3O5S. The normalized spacial score (nSPS) is 20.5. The molecule has 1 fully saturated rings. The highest BCUT2D eigenvalue weighted by Crippen LogP contribution is 2.36. The van der Waals surface area contributed by atoms with Crippen molar-refractivity contribution in [3.8, 4) is 5.75 Å². The van der Waals surface area contributed by atoms with Crippen LogP contribution in [-0.4, -0.2) is 55.2 Å². The molecule has 0 spiro atoms. The van der Waals surface area contributed by atoms with Crippen molar-refractivity contribution in [2.75, 3.05) is 25.1 Å². The summed E-state index contributed by atoms with van der Waals surface area (Å²) in [4.78, 5) is 17.7. The molecule has 0 saturated heterocycles. The van der Waals surface area contributed by atoms with Gasteiger partial charge in [-0.1, -0.05) is 23.7 Å². The maximum atomic E-state index is 13.9. The minimum absolute atomic E-state index is 0.0703. The topological polar surface area (TPSA) is 103 Å². The van der Waals surface area contributed by atoms with Crippen molar-refractivity contribution in [3.63, 3.8) is 0 Å². The number of ether oxygens (including phenoxy) is 1. The fourth-order valence-electron chi connectivity index (χ4n) is 4.80. The Morgan fingerprint density at radius 3 is 2.82 bits per heavy atom. The van der Waals surface area contributed by atoms with Gasteiger partial charge in [0.15, 0.2) is 0 Å². The second-order valence-corrected chi connectivity index (χ2v) is 11.1. The van der Waals surface area contributed by atoms with E-state index in [0.717, 1.165) is 5.69 Å². The third-order valence-electron chi connectivity index (χ3n) is 6.68. The van der Waals surface area contributed by atoms with E-state index in [1.54, 1.807) is 36.4 Å². The number of hydrogen-bond donors (Lipinski definition) is 2. The van der Waals surface area contributed by atoms with E-state index in [2.05, 4.69) is 4.98 Å². The Labute approximate surface area is 202 Å². The highest BCUT2D eigenvalue weighted by atomic mass is 35.5. The van der Waals surface area contributed by atoms with Crippen LogP contribution in [-0.2, 0) is 16.6 Å². The van der Waals surface area contributed by atoms with E-state index in [1.165, 1.54) is 10.4 Å². The number of nitrogens with zero attached hydrogens (tertiary/aromatic N) is 2. The Balaban J connectivity index is 1.58. The van der Waals surface area contributed by atoms with Crippen molar-refractivity contribution >= 4 is 38.2 Å². The molecule has 180 valence electrons. The first-order chi connectivity index (χ1) is 16.3. The van der Waals surface area contributed by atoms with Gasteiger partial charge >= 0.3 is 0 Å². The Morgan fingerprint density at radius 1 is 1.24 bits per heavy atom. The highest BCUT2D eigenvalue weighted by molar-refractivity contribution is 7.89. The van der Waals surface area contributed by atoms with Gasteiger partial charge in [0, 0.05) is 30.6 Å². The number of aromatic amines is 1. The first kappa shape index (κ1) is 23.2. The number of sulfonamides is 1. The van der Waals surface area contributed by atoms with Crippen molar-refractivity contribution in [1.29, 1.82) is 0 Å². The van der Waals surface area contributed by atoms with Crippen LogP contribution in [0.15, 0.2) is 52.2 Å². The number of H-pyrrole nitrogens is 1. The molecule has 1 aromatic heterocycles. The summed E-state index contributed by atoms with van der Waals surface area (Å²) in [5.74, 6) is 0.500. The average molecular weight is 504 g/mol.